The van der Waals surface area contributed by atoms with Crippen LogP contribution in [0.2, 0.25) is 0 Å². The van der Waals surface area contributed by atoms with Crippen LogP contribution < -0.4 is 5.32 Å². The Hall–Kier alpha value is -1.92. The van der Waals surface area contributed by atoms with Crippen molar-refractivity contribution in [1.82, 2.24) is 15.3 Å². The maximum Gasteiger partial charge on any atom is 0.233 e. The molecular formula is C17H17N3OS2. The highest BCUT2D eigenvalue weighted by molar-refractivity contribution is 8.00. The van der Waals surface area contributed by atoms with Crippen molar-refractivity contribution in [3.63, 3.8) is 0 Å². The summed E-state index contributed by atoms with van der Waals surface area (Å²) in [4.78, 5) is 21.7. The van der Waals surface area contributed by atoms with Crippen molar-refractivity contribution < 1.29 is 4.79 Å². The molecule has 0 aliphatic heterocycles. The van der Waals surface area contributed by atoms with E-state index in [1.54, 1.807) is 17.7 Å². The van der Waals surface area contributed by atoms with E-state index in [-0.39, 0.29) is 11.2 Å². The van der Waals surface area contributed by atoms with Crippen molar-refractivity contribution in [2.75, 3.05) is 6.54 Å². The summed E-state index contributed by atoms with van der Waals surface area (Å²) in [5, 5.41) is 6.68. The number of nitrogens with one attached hydrogen (secondary N) is 1. The van der Waals surface area contributed by atoms with Gasteiger partial charge in [-0.25, -0.2) is 9.97 Å². The van der Waals surface area contributed by atoms with Gasteiger partial charge in [-0.15, -0.1) is 11.3 Å². The van der Waals surface area contributed by atoms with E-state index < -0.39 is 0 Å². The number of hydrogen-bond donors (Lipinski definition) is 1. The summed E-state index contributed by atoms with van der Waals surface area (Å²) < 4.78 is 0. The normalized spacial score (nSPS) is 12.2. The van der Waals surface area contributed by atoms with Gasteiger partial charge in [0.05, 0.1) is 5.25 Å². The molecule has 0 spiro atoms. The van der Waals surface area contributed by atoms with Crippen molar-refractivity contribution in [2.24, 2.45) is 0 Å². The first-order chi connectivity index (χ1) is 11.2. The van der Waals surface area contributed by atoms with Crippen LogP contribution in [0.5, 0.6) is 0 Å². The fourth-order valence-electron chi connectivity index (χ4n) is 2.20. The van der Waals surface area contributed by atoms with Crippen LogP contribution >= 0.6 is 23.1 Å². The second-order valence-electron chi connectivity index (χ2n) is 5.10. The number of aromatic nitrogens is 2. The van der Waals surface area contributed by atoms with Crippen LogP contribution in [0.3, 0.4) is 0 Å². The fraction of sp³-hybridized carbons (Fsp3) is 0.235. The molecule has 0 unspecified atom stereocenters. The second-order valence-corrected chi connectivity index (χ2v) is 7.33. The van der Waals surface area contributed by atoms with E-state index in [9.17, 15) is 4.79 Å². The average molecular weight is 343 g/mol. The molecule has 4 nitrogen and oxygen atoms in total. The van der Waals surface area contributed by atoms with Crippen molar-refractivity contribution in [3.8, 4) is 0 Å². The lowest BCUT2D eigenvalue weighted by Gasteiger charge is -2.12. The second kappa shape index (κ2) is 7.57. The van der Waals surface area contributed by atoms with Gasteiger partial charge in [0.2, 0.25) is 5.91 Å². The maximum absolute atomic E-state index is 12.2. The van der Waals surface area contributed by atoms with Gasteiger partial charge in [0, 0.05) is 11.9 Å². The summed E-state index contributed by atoms with van der Waals surface area (Å²) in [5.41, 5.74) is 1.23. The Labute approximate surface area is 143 Å². The molecule has 23 heavy (non-hydrogen) atoms. The molecule has 1 amide bonds. The molecule has 6 heteroatoms. The molecule has 0 bridgehead atoms. The Balaban J connectivity index is 1.54. The molecule has 2 heterocycles. The summed E-state index contributed by atoms with van der Waals surface area (Å²) >= 11 is 3.06. The molecule has 1 atom stereocenters. The highest BCUT2D eigenvalue weighted by Gasteiger charge is 2.16. The Morgan fingerprint density at radius 3 is 2.91 bits per heavy atom. The predicted molar refractivity (Wildman–Crippen MR) is 95.9 cm³/mol. The van der Waals surface area contributed by atoms with Crippen LogP contribution in [0, 0.1) is 0 Å². The van der Waals surface area contributed by atoms with E-state index in [4.69, 9.17) is 0 Å². The quantitative estimate of drug-likeness (QED) is 0.549. The average Bonchev–Trinajstić information content (AvgIpc) is 3.05. The highest BCUT2D eigenvalue weighted by Crippen LogP contribution is 2.30. The van der Waals surface area contributed by atoms with Gasteiger partial charge in [0.1, 0.15) is 16.2 Å². The van der Waals surface area contributed by atoms with Gasteiger partial charge in [0.15, 0.2) is 0 Å². The van der Waals surface area contributed by atoms with E-state index in [0.717, 1.165) is 21.7 Å². The first-order valence-corrected chi connectivity index (χ1v) is 9.16. The SMILES string of the molecule is C[C@@H](Sc1ncnc2sccc12)C(=O)NCCc1ccccc1. The molecule has 1 N–H and O–H groups in total. The van der Waals surface area contributed by atoms with E-state index >= 15 is 0 Å². The zero-order valence-electron chi connectivity index (χ0n) is 12.7. The van der Waals surface area contributed by atoms with Crippen molar-refractivity contribution in [3.05, 3.63) is 53.7 Å². The minimum Gasteiger partial charge on any atom is -0.355 e. The summed E-state index contributed by atoms with van der Waals surface area (Å²) in [6.45, 7) is 2.55. The number of benzene rings is 1. The molecule has 0 radical (unpaired) electrons. The van der Waals surface area contributed by atoms with Gasteiger partial charge < -0.3 is 5.32 Å². The van der Waals surface area contributed by atoms with Crippen LogP contribution in [0.25, 0.3) is 10.2 Å². The molecule has 0 aliphatic rings. The monoisotopic (exact) mass is 343 g/mol. The molecule has 0 fully saturated rings. The molecule has 0 saturated carbocycles. The van der Waals surface area contributed by atoms with Crippen molar-refractivity contribution >= 4 is 39.2 Å². The third-order valence-corrected chi connectivity index (χ3v) is 5.38. The van der Waals surface area contributed by atoms with Crippen LogP contribution in [0.4, 0.5) is 0 Å². The number of fused-ring (bicyclic) bond motifs is 1. The molecule has 118 valence electrons. The maximum atomic E-state index is 12.2. The van der Waals surface area contributed by atoms with Gasteiger partial charge >= 0.3 is 0 Å². The number of thioether (sulfide) groups is 1. The summed E-state index contributed by atoms with van der Waals surface area (Å²) in [6.07, 6.45) is 2.40. The lowest BCUT2D eigenvalue weighted by atomic mass is 10.1. The number of nitrogens with zero attached hydrogens (tertiary/aromatic N) is 2. The van der Waals surface area contributed by atoms with Gasteiger partial charge in [-0.1, -0.05) is 42.1 Å². The zero-order valence-corrected chi connectivity index (χ0v) is 14.4. The predicted octanol–water partition coefficient (Wildman–Crippen LogP) is 3.53. The molecule has 0 saturated heterocycles. The van der Waals surface area contributed by atoms with Crippen LogP contribution in [-0.2, 0) is 11.2 Å². The Morgan fingerprint density at radius 1 is 1.26 bits per heavy atom. The summed E-state index contributed by atoms with van der Waals surface area (Å²) in [6, 6.07) is 12.2. The Morgan fingerprint density at radius 2 is 2.09 bits per heavy atom. The number of thiophene rings is 1. The zero-order chi connectivity index (χ0) is 16.1. The van der Waals surface area contributed by atoms with Crippen LogP contribution in [0.1, 0.15) is 12.5 Å². The van der Waals surface area contributed by atoms with E-state index in [2.05, 4.69) is 27.4 Å². The number of amides is 1. The van der Waals surface area contributed by atoms with E-state index in [1.165, 1.54) is 17.3 Å². The fourth-order valence-corrected chi connectivity index (χ4v) is 3.92. The third kappa shape index (κ3) is 4.09. The third-order valence-electron chi connectivity index (χ3n) is 3.44. The van der Waals surface area contributed by atoms with Crippen LogP contribution in [-0.4, -0.2) is 27.7 Å². The largest absolute Gasteiger partial charge is 0.355 e. The smallest absolute Gasteiger partial charge is 0.233 e. The number of rotatable bonds is 6. The number of carbonyl (C=O) groups is 1. The minimum absolute atomic E-state index is 0.0351. The van der Waals surface area contributed by atoms with Gasteiger partial charge in [-0.05, 0) is 30.4 Å². The van der Waals surface area contributed by atoms with Crippen LogP contribution in [0.15, 0.2) is 53.1 Å². The van der Waals surface area contributed by atoms with Gasteiger partial charge in [-0.2, -0.15) is 0 Å². The van der Waals surface area contributed by atoms with Gasteiger partial charge in [0.25, 0.3) is 0 Å². The first kappa shape index (κ1) is 16.0. The van der Waals surface area contributed by atoms with E-state index in [0.29, 0.717) is 6.54 Å². The standard InChI is InChI=1S/C17H17N3OS2/c1-12(15(21)18-9-7-13-5-3-2-4-6-13)23-17-14-8-10-22-16(14)19-11-20-17/h2-6,8,10-12H,7,9H2,1H3,(H,18,21)/t12-/m1/s1. The van der Waals surface area contributed by atoms with Crippen molar-refractivity contribution in [1.29, 1.82) is 0 Å². The first-order valence-electron chi connectivity index (χ1n) is 7.40. The molecule has 1 aromatic carbocycles. The lowest BCUT2D eigenvalue weighted by Crippen LogP contribution is -2.32. The van der Waals surface area contributed by atoms with Crippen molar-refractivity contribution in [2.45, 2.75) is 23.6 Å². The number of hydrogen-bond acceptors (Lipinski definition) is 5. The molecule has 3 rings (SSSR count). The number of carbonyl (C=O) groups excluding carboxylic acids is 1. The lowest BCUT2D eigenvalue weighted by molar-refractivity contribution is -0.120. The van der Waals surface area contributed by atoms with Gasteiger partial charge in [-0.3, -0.25) is 4.79 Å². The Bertz CT molecular complexity index is 789. The van der Waals surface area contributed by atoms with E-state index in [1.807, 2.05) is 36.6 Å². The molecule has 3 aromatic rings. The Kier molecular flexibility index (Phi) is 5.25. The molecule has 2 aromatic heterocycles. The highest BCUT2D eigenvalue weighted by atomic mass is 32.2. The topological polar surface area (TPSA) is 54.9 Å². The molecular weight excluding hydrogens is 326 g/mol. The molecule has 0 aliphatic carbocycles. The minimum atomic E-state index is -0.191. The summed E-state index contributed by atoms with van der Waals surface area (Å²) in [5.74, 6) is 0.0351. The summed E-state index contributed by atoms with van der Waals surface area (Å²) in [7, 11) is 0.